The van der Waals surface area contributed by atoms with Crippen LogP contribution in [0.5, 0.6) is 0 Å². The van der Waals surface area contributed by atoms with Gasteiger partial charge in [-0.05, 0) is 49.2 Å². The molecule has 2 rings (SSSR count). The lowest BCUT2D eigenvalue weighted by Crippen LogP contribution is -2.03. The number of hydrogen-bond acceptors (Lipinski definition) is 2. The summed E-state index contributed by atoms with van der Waals surface area (Å²) < 4.78 is 6.13. The van der Waals surface area contributed by atoms with Crippen LogP contribution < -0.4 is 0 Å². The van der Waals surface area contributed by atoms with Crippen LogP contribution in [0.2, 0.25) is 0 Å². The summed E-state index contributed by atoms with van der Waals surface area (Å²) >= 11 is 3.44. The standard InChI is InChI=1S/C13H11BrO2/c1-8-7-11(14)9(2)6-10(8)13(15)12-4-3-5-16-12/h3-7H,1-2H3. The van der Waals surface area contributed by atoms with Crippen molar-refractivity contribution in [3.63, 3.8) is 0 Å². The van der Waals surface area contributed by atoms with Crippen molar-refractivity contribution < 1.29 is 9.21 Å². The van der Waals surface area contributed by atoms with Crippen molar-refractivity contribution in [2.75, 3.05) is 0 Å². The molecule has 0 aliphatic heterocycles. The van der Waals surface area contributed by atoms with Gasteiger partial charge in [0.1, 0.15) is 0 Å². The van der Waals surface area contributed by atoms with Crippen LogP contribution in [-0.4, -0.2) is 5.78 Å². The van der Waals surface area contributed by atoms with Crippen LogP contribution in [0.15, 0.2) is 39.4 Å². The molecule has 1 aromatic carbocycles. The van der Waals surface area contributed by atoms with E-state index in [9.17, 15) is 4.79 Å². The molecule has 3 heteroatoms. The number of rotatable bonds is 2. The Morgan fingerprint density at radius 1 is 1.25 bits per heavy atom. The van der Waals surface area contributed by atoms with Crippen LogP contribution in [0, 0.1) is 13.8 Å². The van der Waals surface area contributed by atoms with Crippen molar-refractivity contribution in [1.29, 1.82) is 0 Å². The Labute approximate surface area is 102 Å². The normalized spacial score (nSPS) is 10.4. The molecule has 1 aromatic heterocycles. The summed E-state index contributed by atoms with van der Waals surface area (Å²) in [4.78, 5) is 12.1. The van der Waals surface area contributed by atoms with Gasteiger partial charge in [-0.1, -0.05) is 15.9 Å². The Bertz CT molecular complexity index is 527. The highest BCUT2D eigenvalue weighted by atomic mass is 79.9. The highest BCUT2D eigenvalue weighted by Gasteiger charge is 2.15. The van der Waals surface area contributed by atoms with Crippen LogP contribution in [0.25, 0.3) is 0 Å². The van der Waals surface area contributed by atoms with Gasteiger partial charge in [-0.2, -0.15) is 0 Å². The maximum Gasteiger partial charge on any atom is 0.228 e. The highest BCUT2D eigenvalue weighted by Crippen LogP contribution is 2.23. The summed E-state index contributed by atoms with van der Waals surface area (Å²) in [5.41, 5.74) is 2.68. The first-order valence-electron chi connectivity index (χ1n) is 4.94. The zero-order valence-electron chi connectivity index (χ0n) is 9.08. The number of halogens is 1. The van der Waals surface area contributed by atoms with E-state index in [2.05, 4.69) is 15.9 Å². The molecule has 2 aromatic rings. The van der Waals surface area contributed by atoms with Crippen molar-refractivity contribution >= 4 is 21.7 Å². The maximum atomic E-state index is 12.1. The summed E-state index contributed by atoms with van der Waals surface area (Å²) in [6, 6.07) is 7.23. The van der Waals surface area contributed by atoms with Gasteiger partial charge in [0.15, 0.2) is 5.76 Å². The number of carbonyl (C=O) groups excluding carboxylic acids is 1. The summed E-state index contributed by atoms with van der Waals surface area (Å²) in [7, 11) is 0. The summed E-state index contributed by atoms with van der Waals surface area (Å²) in [5.74, 6) is 0.308. The highest BCUT2D eigenvalue weighted by molar-refractivity contribution is 9.10. The predicted octanol–water partition coefficient (Wildman–Crippen LogP) is 3.89. The van der Waals surface area contributed by atoms with E-state index >= 15 is 0 Å². The van der Waals surface area contributed by atoms with Gasteiger partial charge in [0.05, 0.1) is 6.26 Å². The van der Waals surface area contributed by atoms with Gasteiger partial charge < -0.3 is 4.42 Å². The van der Waals surface area contributed by atoms with Crippen molar-refractivity contribution in [2.45, 2.75) is 13.8 Å². The van der Waals surface area contributed by atoms with Crippen LogP contribution in [0.4, 0.5) is 0 Å². The number of ketones is 1. The summed E-state index contributed by atoms with van der Waals surface area (Å²) in [6.45, 7) is 3.88. The minimum Gasteiger partial charge on any atom is -0.461 e. The average molecular weight is 279 g/mol. The van der Waals surface area contributed by atoms with Gasteiger partial charge in [-0.15, -0.1) is 0 Å². The molecule has 1 heterocycles. The van der Waals surface area contributed by atoms with Gasteiger partial charge in [-0.3, -0.25) is 4.79 Å². The first-order chi connectivity index (χ1) is 7.59. The van der Waals surface area contributed by atoms with Crippen LogP contribution in [0.1, 0.15) is 27.2 Å². The fourth-order valence-electron chi connectivity index (χ4n) is 1.57. The first kappa shape index (κ1) is 11.1. The monoisotopic (exact) mass is 278 g/mol. The number of carbonyl (C=O) groups is 1. The third kappa shape index (κ3) is 1.95. The zero-order valence-corrected chi connectivity index (χ0v) is 10.7. The largest absolute Gasteiger partial charge is 0.461 e. The molecule has 2 nitrogen and oxygen atoms in total. The van der Waals surface area contributed by atoms with Crippen molar-refractivity contribution in [1.82, 2.24) is 0 Å². The molecule has 0 atom stereocenters. The number of hydrogen-bond donors (Lipinski definition) is 0. The van der Waals surface area contributed by atoms with E-state index in [1.54, 1.807) is 12.1 Å². The smallest absolute Gasteiger partial charge is 0.228 e. The third-order valence-corrected chi connectivity index (χ3v) is 3.35. The molecule has 0 saturated heterocycles. The Morgan fingerprint density at radius 2 is 2.00 bits per heavy atom. The Morgan fingerprint density at radius 3 is 2.62 bits per heavy atom. The SMILES string of the molecule is Cc1cc(C(=O)c2ccco2)c(C)cc1Br. The van der Waals surface area contributed by atoms with Crippen molar-refractivity contribution in [2.24, 2.45) is 0 Å². The minimum absolute atomic E-state index is 0.0712. The molecular weight excluding hydrogens is 268 g/mol. The molecule has 0 aliphatic carbocycles. The summed E-state index contributed by atoms with van der Waals surface area (Å²) in [6.07, 6.45) is 1.51. The van der Waals surface area contributed by atoms with Gasteiger partial charge in [-0.25, -0.2) is 0 Å². The molecule has 0 fully saturated rings. The molecule has 0 unspecified atom stereocenters. The topological polar surface area (TPSA) is 30.2 Å². The molecule has 0 spiro atoms. The Hall–Kier alpha value is -1.35. The van der Waals surface area contributed by atoms with E-state index in [1.807, 2.05) is 26.0 Å². The first-order valence-corrected chi connectivity index (χ1v) is 5.74. The summed E-state index contributed by atoms with van der Waals surface area (Å²) in [5, 5.41) is 0. The molecule has 16 heavy (non-hydrogen) atoms. The number of furan rings is 1. The molecule has 0 N–H and O–H groups in total. The lowest BCUT2D eigenvalue weighted by Gasteiger charge is -2.06. The maximum absolute atomic E-state index is 12.1. The molecule has 0 radical (unpaired) electrons. The molecule has 0 saturated carbocycles. The van der Waals surface area contributed by atoms with Gasteiger partial charge in [0, 0.05) is 10.0 Å². The number of benzene rings is 1. The van der Waals surface area contributed by atoms with E-state index in [0.717, 1.165) is 15.6 Å². The van der Waals surface area contributed by atoms with Crippen LogP contribution >= 0.6 is 15.9 Å². The molecular formula is C13H11BrO2. The Balaban J connectivity index is 2.49. The van der Waals surface area contributed by atoms with Gasteiger partial charge >= 0.3 is 0 Å². The van der Waals surface area contributed by atoms with E-state index < -0.39 is 0 Å². The second-order valence-corrected chi connectivity index (χ2v) is 4.58. The Kier molecular flexibility index (Phi) is 2.97. The van der Waals surface area contributed by atoms with Crippen LogP contribution in [0.3, 0.4) is 0 Å². The van der Waals surface area contributed by atoms with E-state index in [0.29, 0.717) is 11.3 Å². The fourth-order valence-corrected chi connectivity index (χ4v) is 2.02. The third-order valence-electron chi connectivity index (χ3n) is 2.50. The number of aryl methyl sites for hydroxylation is 2. The van der Waals surface area contributed by atoms with Crippen molar-refractivity contribution in [3.05, 3.63) is 57.5 Å². The molecule has 0 aliphatic rings. The van der Waals surface area contributed by atoms with E-state index in [-0.39, 0.29) is 5.78 Å². The molecule has 0 bridgehead atoms. The van der Waals surface area contributed by atoms with Crippen molar-refractivity contribution in [3.8, 4) is 0 Å². The van der Waals surface area contributed by atoms with E-state index in [4.69, 9.17) is 4.42 Å². The van der Waals surface area contributed by atoms with Crippen LogP contribution in [-0.2, 0) is 0 Å². The minimum atomic E-state index is -0.0712. The quantitative estimate of drug-likeness (QED) is 0.781. The lowest BCUT2D eigenvalue weighted by molar-refractivity contribution is 0.101. The average Bonchev–Trinajstić information content (AvgIpc) is 2.75. The predicted molar refractivity (Wildman–Crippen MR) is 65.8 cm³/mol. The van der Waals surface area contributed by atoms with Gasteiger partial charge in [0.2, 0.25) is 5.78 Å². The van der Waals surface area contributed by atoms with Gasteiger partial charge in [0.25, 0.3) is 0 Å². The lowest BCUT2D eigenvalue weighted by atomic mass is 10.0. The fraction of sp³-hybridized carbons (Fsp3) is 0.154. The van der Waals surface area contributed by atoms with E-state index in [1.165, 1.54) is 6.26 Å². The zero-order chi connectivity index (χ0) is 11.7. The second-order valence-electron chi connectivity index (χ2n) is 3.72. The molecule has 82 valence electrons. The molecule has 0 amide bonds. The second kappa shape index (κ2) is 4.26.